The maximum Gasteiger partial charge on any atom is 0.257 e. The van der Waals surface area contributed by atoms with E-state index < -0.39 is 0 Å². The average Bonchev–Trinajstić information content (AvgIpc) is 2.75. The number of rotatable bonds is 10. The minimum Gasteiger partial charge on any atom is -0.484 e. The lowest BCUT2D eigenvalue weighted by atomic mass is 9.86. The van der Waals surface area contributed by atoms with Crippen molar-refractivity contribution in [2.75, 3.05) is 26.3 Å². The number of carbonyl (C=O) groups is 2. The molecule has 0 aromatic heterocycles. The number of hydrogen-bond acceptors (Lipinski definition) is 4. The van der Waals surface area contributed by atoms with Crippen molar-refractivity contribution in [3.05, 3.63) is 58.7 Å². The van der Waals surface area contributed by atoms with Crippen LogP contribution in [-0.2, 0) is 20.4 Å². The maximum absolute atomic E-state index is 12.1. The van der Waals surface area contributed by atoms with Gasteiger partial charge in [0.15, 0.2) is 13.2 Å². The zero-order valence-electron chi connectivity index (χ0n) is 22.6. The van der Waals surface area contributed by atoms with Gasteiger partial charge in [0.25, 0.3) is 11.8 Å². The smallest absolute Gasteiger partial charge is 0.257 e. The molecule has 0 bridgehead atoms. The summed E-state index contributed by atoms with van der Waals surface area (Å²) in [6, 6.07) is 12.1. The van der Waals surface area contributed by atoms with Crippen LogP contribution in [-0.4, -0.2) is 38.1 Å². The predicted octanol–water partition coefficient (Wildman–Crippen LogP) is 4.98. The van der Waals surface area contributed by atoms with Crippen LogP contribution in [0, 0.1) is 13.8 Å². The normalized spacial score (nSPS) is 11.7. The minimum atomic E-state index is -0.187. The van der Waals surface area contributed by atoms with Gasteiger partial charge in [-0.05, 0) is 65.5 Å². The molecule has 2 aromatic rings. The summed E-state index contributed by atoms with van der Waals surface area (Å²) >= 11 is 0. The number of aryl methyl sites for hydroxylation is 2. The van der Waals surface area contributed by atoms with Crippen LogP contribution in [0.1, 0.15) is 70.2 Å². The number of carbonyl (C=O) groups excluding carboxylic acids is 2. The summed E-state index contributed by atoms with van der Waals surface area (Å²) in [6.07, 6.45) is 0.621. The Kier molecular flexibility index (Phi) is 9.75. The molecule has 6 heteroatoms. The van der Waals surface area contributed by atoms with Gasteiger partial charge >= 0.3 is 0 Å². The molecule has 0 heterocycles. The highest BCUT2D eigenvalue weighted by Crippen LogP contribution is 2.28. The first-order valence-corrected chi connectivity index (χ1v) is 12.3. The fourth-order valence-electron chi connectivity index (χ4n) is 3.49. The number of nitrogens with one attached hydrogen (secondary N) is 2. The van der Waals surface area contributed by atoms with Crippen LogP contribution in [0.25, 0.3) is 0 Å². The first kappa shape index (κ1) is 28.2. The molecule has 0 aliphatic heterocycles. The van der Waals surface area contributed by atoms with Gasteiger partial charge in [-0.25, -0.2) is 0 Å². The van der Waals surface area contributed by atoms with Crippen LogP contribution in [0.4, 0.5) is 0 Å². The monoisotopic (exact) mass is 482 g/mol. The lowest BCUT2D eigenvalue weighted by Gasteiger charge is -2.20. The van der Waals surface area contributed by atoms with Gasteiger partial charge < -0.3 is 20.1 Å². The van der Waals surface area contributed by atoms with E-state index in [2.05, 4.69) is 64.3 Å². The Balaban J connectivity index is 1.63. The number of benzene rings is 2. The highest BCUT2D eigenvalue weighted by molar-refractivity contribution is 5.78. The van der Waals surface area contributed by atoms with Crippen molar-refractivity contribution < 1.29 is 19.1 Å². The number of hydrogen-bond donors (Lipinski definition) is 2. The highest BCUT2D eigenvalue weighted by Gasteiger charge is 2.16. The van der Waals surface area contributed by atoms with Crippen LogP contribution in [0.2, 0.25) is 0 Å². The van der Waals surface area contributed by atoms with Crippen LogP contribution >= 0.6 is 0 Å². The molecule has 0 aliphatic rings. The highest BCUT2D eigenvalue weighted by atomic mass is 16.5. The second-order valence-electron chi connectivity index (χ2n) is 11.1. The van der Waals surface area contributed by atoms with E-state index >= 15 is 0 Å². The fourth-order valence-corrected chi connectivity index (χ4v) is 3.49. The third kappa shape index (κ3) is 9.27. The summed E-state index contributed by atoms with van der Waals surface area (Å²) < 4.78 is 11.3. The van der Waals surface area contributed by atoms with Gasteiger partial charge in [-0.2, -0.15) is 0 Å². The van der Waals surface area contributed by atoms with Gasteiger partial charge in [0.1, 0.15) is 11.5 Å². The van der Waals surface area contributed by atoms with Gasteiger partial charge in [-0.3, -0.25) is 9.59 Å². The molecule has 0 saturated heterocycles. The second kappa shape index (κ2) is 12.1. The molecule has 192 valence electrons. The topological polar surface area (TPSA) is 76.7 Å². The van der Waals surface area contributed by atoms with E-state index in [-0.39, 0.29) is 35.9 Å². The summed E-state index contributed by atoms with van der Waals surface area (Å²) in [5, 5.41) is 5.64. The molecule has 0 aliphatic carbocycles. The molecule has 6 nitrogen and oxygen atoms in total. The summed E-state index contributed by atoms with van der Waals surface area (Å²) in [4.78, 5) is 24.2. The van der Waals surface area contributed by atoms with Crippen molar-refractivity contribution in [1.82, 2.24) is 10.6 Å². The second-order valence-corrected chi connectivity index (χ2v) is 11.1. The van der Waals surface area contributed by atoms with Gasteiger partial charge in [0.05, 0.1) is 0 Å². The molecule has 2 aromatic carbocycles. The molecule has 35 heavy (non-hydrogen) atoms. The Morgan fingerprint density at radius 3 is 1.37 bits per heavy atom. The molecule has 2 N–H and O–H groups in total. The fraction of sp³-hybridized carbons (Fsp3) is 0.517. The molecule has 0 radical (unpaired) electrons. The Bertz CT molecular complexity index is 935. The van der Waals surface area contributed by atoms with Crippen molar-refractivity contribution in [2.24, 2.45) is 0 Å². The van der Waals surface area contributed by atoms with E-state index in [0.717, 1.165) is 11.1 Å². The molecule has 2 amide bonds. The van der Waals surface area contributed by atoms with Crippen LogP contribution < -0.4 is 20.1 Å². The molecule has 0 saturated carbocycles. The summed E-state index contributed by atoms with van der Waals surface area (Å²) in [6.45, 7) is 17.8. The zero-order chi connectivity index (χ0) is 26.2. The first-order chi connectivity index (χ1) is 16.3. The Morgan fingerprint density at radius 1 is 0.686 bits per heavy atom. The lowest BCUT2D eigenvalue weighted by Crippen LogP contribution is -2.34. The zero-order valence-corrected chi connectivity index (χ0v) is 22.6. The first-order valence-electron chi connectivity index (χ1n) is 12.3. The summed E-state index contributed by atoms with van der Waals surface area (Å²) in [5.41, 5.74) is 4.61. The summed E-state index contributed by atoms with van der Waals surface area (Å²) in [5.74, 6) is 1.05. The third-order valence-electron chi connectivity index (χ3n) is 5.80. The average molecular weight is 483 g/mol. The van der Waals surface area contributed by atoms with Crippen LogP contribution in [0.5, 0.6) is 11.5 Å². The Labute approximate surface area is 210 Å². The van der Waals surface area contributed by atoms with Crippen molar-refractivity contribution in [2.45, 2.75) is 72.6 Å². The SMILES string of the molecule is Cc1cc(C(C)(C)C)ccc1OCC(=O)NCCCNC(=O)COc1ccc(C(C)(C)C)cc1C. The van der Waals surface area contributed by atoms with Gasteiger partial charge in [-0.15, -0.1) is 0 Å². The van der Waals surface area contributed by atoms with Crippen molar-refractivity contribution in [3.8, 4) is 11.5 Å². The third-order valence-corrected chi connectivity index (χ3v) is 5.80. The van der Waals surface area contributed by atoms with Gasteiger partial charge in [0, 0.05) is 13.1 Å². The van der Waals surface area contributed by atoms with E-state index in [1.165, 1.54) is 11.1 Å². The van der Waals surface area contributed by atoms with Crippen molar-refractivity contribution in [3.63, 3.8) is 0 Å². The Morgan fingerprint density at radius 2 is 1.06 bits per heavy atom. The van der Waals surface area contributed by atoms with E-state index in [4.69, 9.17) is 9.47 Å². The van der Waals surface area contributed by atoms with E-state index in [0.29, 0.717) is 31.0 Å². The van der Waals surface area contributed by atoms with Crippen molar-refractivity contribution >= 4 is 11.8 Å². The maximum atomic E-state index is 12.1. The van der Waals surface area contributed by atoms with E-state index in [1.807, 2.05) is 38.1 Å². The molecule has 0 unspecified atom stereocenters. The van der Waals surface area contributed by atoms with Gasteiger partial charge in [0.2, 0.25) is 0 Å². The lowest BCUT2D eigenvalue weighted by molar-refractivity contribution is -0.123. The molecule has 0 fully saturated rings. The molecular weight excluding hydrogens is 440 g/mol. The quantitative estimate of drug-likeness (QED) is 0.468. The largest absolute Gasteiger partial charge is 0.484 e. The molecule has 0 spiro atoms. The number of ether oxygens (including phenoxy) is 2. The minimum absolute atomic E-state index is 0.0384. The molecular formula is C29H42N2O4. The predicted molar refractivity (Wildman–Crippen MR) is 141 cm³/mol. The van der Waals surface area contributed by atoms with E-state index in [1.54, 1.807) is 0 Å². The van der Waals surface area contributed by atoms with Crippen LogP contribution in [0.3, 0.4) is 0 Å². The number of amides is 2. The Hall–Kier alpha value is -3.02. The van der Waals surface area contributed by atoms with Gasteiger partial charge in [-0.1, -0.05) is 65.8 Å². The standard InChI is InChI=1S/C29H42N2O4/c1-20-16-22(28(3,4)5)10-12-24(20)34-18-26(32)30-14-9-15-31-27(33)19-35-25-13-11-23(17-21(25)2)29(6,7)8/h10-13,16-17H,9,14-15,18-19H2,1-8H3,(H,30,32)(H,31,33). The molecule has 2 rings (SSSR count). The van der Waals surface area contributed by atoms with Crippen molar-refractivity contribution in [1.29, 1.82) is 0 Å². The summed E-state index contributed by atoms with van der Waals surface area (Å²) in [7, 11) is 0. The van der Waals surface area contributed by atoms with E-state index in [9.17, 15) is 9.59 Å². The van der Waals surface area contributed by atoms with Crippen LogP contribution in [0.15, 0.2) is 36.4 Å². The molecule has 0 atom stereocenters.